The lowest BCUT2D eigenvalue weighted by molar-refractivity contribution is 0.246. The average molecular weight is 230 g/mol. The van der Waals surface area contributed by atoms with E-state index in [2.05, 4.69) is 10.2 Å². The maximum atomic E-state index is 10.3. The highest BCUT2D eigenvalue weighted by Crippen LogP contribution is 2.05. The van der Waals surface area contributed by atoms with Gasteiger partial charge in [-0.25, -0.2) is 4.79 Å². The Kier molecular flexibility index (Phi) is 9.89. The van der Waals surface area contributed by atoms with E-state index < -0.39 is 6.03 Å². The molecule has 2 amide bonds. The normalized spacial score (nSPS) is 15.7. The molecule has 0 atom stereocenters. The van der Waals surface area contributed by atoms with Crippen LogP contribution in [0.4, 0.5) is 4.79 Å². The highest BCUT2D eigenvalue weighted by atomic mass is 35.5. The van der Waals surface area contributed by atoms with Gasteiger partial charge < -0.3 is 16.0 Å². The van der Waals surface area contributed by atoms with Crippen LogP contribution in [0, 0.1) is 0 Å². The van der Waals surface area contributed by atoms with Crippen molar-refractivity contribution in [3.8, 4) is 0 Å². The molecule has 0 spiro atoms. The van der Waals surface area contributed by atoms with Crippen molar-refractivity contribution in [3.63, 3.8) is 0 Å². The molecule has 3 N–H and O–H groups in total. The van der Waals surface area contributed by atoms with Crippen molar-refractivity contribution in [3.05, 3.63) is 0 Å². The maximum Gasteiger partial charge on any atom is 0.312 e. The third kappa shape index (κ3) is 6.93. The van der Waals surface area contributed by atoms with Crippen LogP contribution in [-0.2, 0) is 0 Å². The first-order valence-corrected chi connectivity index (χ1v) is 4.05. The summed E-state index contributed by atoms with van der Waals surface area (Å²) in [6.45, 7) is 3.94. The predicted molar refractivity (Wildman–Crippen MR) is 57.8 cm³/mol. The maximum absolute atomic E-state index is 10.3. The first-order chi connectivity index (χ1) is 5.29. The molecule has 0 aromatic heterocycles. The Labute approximate surface area is 91.0 Å². The fourth-order valence-electron chi connectivity index (χ4n) is 1.34. The van der Waals surface area contributed by atoms with E-state index in [1.165, 1.54) is 25.9 Å². The molecular formula is C7H17Cl2N3O. The van der Waals surface area contributed by atoms with Crippen LogP contribution < -0.4 is 11.1 Å². The predicted octanol–water partition coefficient (Wildman–Crippen LogP) is 0.594. The van der Waals surface area contributed by atoms with E-state index in [1.54, 1.807) is 0 Å². The molecule has 13 heavy (non-hydrogen) atoms. The molecule has 0 unspecified atom stereocenters. The molecule has 1 fully saturated rings. The van der Waals surface area contributed by atoms with Crippen LogP contribution in [-0.4, -0.2) is 37.1 Å². The summed E-state index contributed by atoms with van der Waals surface area (Å²) in [6, 6.07) is -0.427. The molecule has 1 aliphatic heterocycles. The molecule has 0 saturated carbocycles. The van der Waals surface area contributed by atoms with E-state index in [1.807, 2.05) is 0 Å². The van der Waals surface area contributed by atoms with E-state index >= 15 is 0 Å². The standard InChI is InChI=1S/C7H15N3O.2ClH/c8-7(11)9-3-6-10-4-1-2-5-10;;/h1-6H2,(H3,8,9,11);2*1H. The van der Waals surface area contributed by atoms with Gasteiger partial charge in [0.2, 0.25) is 0 Å². The Morgan fingerprint density at radius 1 is 1.31 bits per heavy atom. The van der Waals surface area contributed by atoms with Gasteiger partial charge in [0.25, 0.3) is 0 Å². The van der Waals surface area contributed by atoms with Crippen LogP contribution in [0.5, 0.6) is 0 Å². The zero-order valence-corrected chi connectivity index (χ0v) is 9.12. The molecule has 80 valence electrons. The molecule has 1 saturated heterocycles. The molecule has 0 bridgehead atoms. The fourth-order valence-corrected chi connectivity index (χ4v) is 1.34. The quantitative estimate of drug-likeness (QED) is 0.745. The van der Waals surface area contributed by atoms with Gasteiger partial charge in [0.15, 0.2) is 0 Å². The molecule has 0 aromatic carbocycles. The second-order valence-electron chi connectivity index (χ2n) is 2.84. The average Bonchev–Trinajstić information content (AvgIpc) is 2.39. The summed E-state index contributed by atoms with van der Waals surface area (Å²) < 4.78 is 0. The number of amides is 2. The van der Waals surface area contributed by atoms with Crippen molar-refractivity contribution >= 4 is 30.8 Å². The number of hydrogen-bond acceptors (Lipinski definition) is 2. The number of rotatable bonds is 3. The van der Waals surface area contributed by atoms with Crippen LogP contribution in [0.1, 0.15) is 12.8 Å². The van der Waals surface area contributed by atoms with E-state index in [4.69, 9.17) is 5.73 Å². The Morgan fingerprint density at radius 2 is 1.85 bits per heavy atom. The SMILES string of the molecule is Cl.Cl.NC(=O)NCCN1CCCC1. The van der Waals surface area contributed by atoms with E-state index in [0.717, 1.165) is 6.54 Å². The summed E-state index contributed by atoms with van der Waals surface area (Å²) >= 11 is 0. The van der Waals surface area contributed by atoms with Gasteiger partial charge in [0.05, 0.1) is 0 Å². The van der Waals surface area contributed by atoms with Crippen LogP contribution in [0.25, 0.3) is 0 Å². The minimum atomic E-state index is -0.427. The summed E-state index contributed by atoms with van der Waals surface area (Å²) in [4.78, 5) is 12.6. The number of nitrogens with one attached hydrogen (secondary N) is 1. The van der Waals surface area contributed by atoms with Crippen molar-refractivity contribution in [1.29, 1.82) is 0 Å². The number of halogens is 2. The van der Waals surface area contributed by atoms with Gasteiger partial charge in [-0.1, -0.05) is 0 Å². The monoisotopic (exact) mass is 229 g/mol. The minimum absolute atomic E-state index is 0. The lowest BCUT2D eigenvalue weighted by Gasteiger charge is -2.13. The number of primary amides is 1. The molecule has 0 radical (unpaired) electrons. The number of likely N-dealkylation sites (tertiary alicyclic amines) is 1. The summed E-state index contributed by atoms with van der Waals surface area (Å²) in [7, 11) is 0. The summed E-state index contributed by atoms with van der Waals surface area (Å²) in [5.74, 6) is 0. The molecular weight excluding hydrogens is 213 g/mol. The van der Waals surface area contributed by atoms with Crippen LogP contribution in [0.3, 0.4) is 0 Å². The molecule has 1 aliphatic rings. The van der Waals surface area contributed by atoms with Gasteiger partial charge in [0, 0.05) is 13.1 Å². The number of nitrogens with two attached hydrogens (primary N) is 1. The molecule has 0 aromatic rings. The zero-order valence-electron chi connectivity index (χ0n) is 7.49. The largest absolute Gasteiger partial charge is 0.352 e. The van der Waals surface area contributed by atoms with Crippen molar-refractivity contribution < 1.29 is 4.79 Å². The van der Waals surface area contributed by atoms with E-state index in [0.29, 0.717) is 6.54 Å². The lowest BCUT2D eigenvalue weighted by atomic mass is 10.4. The lowest BCUT2D eigenvalue weighted by Crippen LogP contribution is -2.36. The Hall–Kier alpha value is -0.190. The second kappa shape index (κ2) is 8.41. The minimum Gasteiger partial charge on any atom is -0.352 e. The molecule has 6 heteroatoms. The van der Waals surface area contributed by atoms with Crippen molar-refractivity contribution in [1.82, 2.24) is 10.2 Å². The third-order valence-electron chi connectivity index (χ3n) is 1.93. The zero-order chi connectivity index (χ0) is 8.10. The molecule has 1 heterocycles. The van der Waals surface area contributed by atoms with Crippen molar-refractivity contribution in [2.45, 2.75) is 12.8 Å². The molecule has 1 rings (SSSR count). The number of nitrogens with zero attached hydrogens (tertiary/aromatic N) is 1. The van der Waals surface area contributed by atoms with E-state index in [9.17, 15) is 4.79 Å². The van der Waals surface area contributed by atoms with Gasteiger partial charge >= 0.3 is 6.03 Å². The fraction of sp³-hybridized carbons (Fsp3) is 0.857. The molecule has 0 aliphatic carbocycles. The second-order valence-corrected chi connectivity index (χ2v) is 2.84. The Bertz CT molecular complexity index is 140. The van der Waals surface area contributed by atoms with Crippen molar-refractivity contribution in [2.75, 3.05) is 26.2 Å². The number of carbonyl (C=O) groups excluding carboxylic acids is 1. The summed E-state index contributed by atoms with van der Waals surface area (Å²) in [5, 5.41) is 2.57. The first kappa shape index (κ1) is 15.3. The first-order valence-electron chi connectivity index (χ1n) is 4.05. The smallest absolute Gasteiger partial charge is 0.312 e. The third-order valence-corrected chi connectivity index (χ3v) is 1.93. The van der Waals surface area contributed by atoms with Crippen LogP contribution in [0.2, 0.25) is 0 Å². The summed E-state index contributed by atoms with van der Waals surface area (Å²) in [5.41, 5.74) is 4.91. The van der Waals surface area contributed by atoms with Gasteiger partial charge in [-0.15, -0.1) is 24.8 Å². The van der Waals surface area contributed by atoms with Gasteiger partial charge in [-0.2, -0.15) is 0 Å². The van der Waals surface area contributed by atoms with E-state index in [-0.39, 0.29) is 24.8 Å². The topological polar surface area (TPSA) is 58.4 Å². The number of hydrogen-bond donors (Lipinski definition) is 2. The highest BCUT2D eigenvalue weighted by molar-refractivity contribution is 5.85. The number of carbonyl (C=O) groups is 1. The molecule has 4 nitrogen and oxygen atoms in total. The Balaban J connectivity index is 0. The van der Waals surface area contributed by atoms with Crippen molar-refractivity contribution in [2.24, 2.45) is 5.73 Å². The van der Waals surface area contributed by atoms with Crippen LogP contribution in [0.15, 0.2) is 0 Å². The Morgan fingerprint density at radius 3 is 2.31 bits per heavy atom. The number of urea groups is 1. The van der Waals surface area contributed by atoms with Gasteiger partial charge in [-0.05, 0) is 25.9 Å². The van der Waals surface area contributed by atoms with Crippen LogP contribution >= 0.6 is 24.8 Å². The van der Waals surface area contributed by atoms with Gasteiger partial charge in [-0.3, -0.25) is 0 Å². The summed E-state index contributed by atoms with van der Waals surface area (Å²) in [6.07, 6.45) is 2.58. The van der Waals surface area contributed by atoms with Gasteiger partial charge in [0.1, 0.15) is 0 Å². The highest BCUT2D eigenvalue weighted by Gasteiger charge is 2.09.